The number of rotatable bonds is 9. The molecule has 0 aliphatic rings. The number of nitrogens with zero attached hydrogens (tertiary/aromatic N) is 1. The molecule has 0 saturated heterocycles. The van der Waals surface area contributed by atoms with Crippen molar-refractivity contribution < 1.29 is 19.1 Å². The zero-order valence-electron chi connectivity index (χ0n) is 16.3. The van der Waals surface area contributed by atoms with Crippen molar-refractivity contribution in [2.45, 2.75) is 26.4 Å². The Morgan fingerprint density at radius 3 is 2.63 bits per heavy atom. The predicted octanol–water partition coefficient (Wildman–Crippen LogP) is 3.56. The zero-order valence-corrected chi connectivity index (χ0v) is 18.0. The Balaban J connectivity index is 1.36. The van der Waals surface area contributed by atoms with E-state index >= 15 is 0 Å². The number of aryl methyl sites for hydroxylation is 1. The smallest absolute Gasteiger partial charge is 0.307 e. The zero-order chi connectivity index (χ0) is 21.3. The van der Waals surface area contributed by atoms with E-state index in [0.29, 0.717) is 16.3 Å². The van der Waals surface area contributed by atoms with Crippen LogP contribution in [0.15, 0.2) is 46.5 Å². The highest BCUT2D eigenvalue weighted by Crippen LogP contribution is 2.14. The number of thiophene rings is 1. The first kappa shape index (κ1) is 21.7. The van der Waals surface area contributed by atoms with Crippen LogP contribution in [0.3, 0.4) is 0 Å². The first-order valence-electron chi connectivity index (χ1n) is 9.25. The molecule has 0 unspecified atom stereocenters. The van der Waals surface area contributed by atoms with E-state index in [0.717, 1.165) is 11.3 Å². The van der Waals surface area contributed by atoms with Gasteiger partial charge in [0, 0.05) is 28.6 Å². The van der Waals surface area contributed by atoms with Crippen molar-refractivity contribution in [1.82, 2.24) is 10.3 Å². The lowest BCUT2D eigenvalue weighted by molar-refractivity contribution is -0.144. The Kier molecular flexibility index (Phi) is 7.69. The highest BCUT2D eigenvalue weighted by atomic mass is 32.1. The van der Waals surface area contributed by atoms with Crippen molar-refractivity contribution in [3.63, 3.8) is 0 Å². The summed E-state index contributed by atoms with van der Waals surface area (Å²) < 4.78 is 5.18. The fourth-order valence-corrected chi connectivity index (χ4v) is 3.89. The Labute approximate surface area is 182 Å². The summed E-state index contributed by atoms with van der Waals surface area (Å²) in [4.78, 5) is 40.1. The van der Waals surface area contributed by atoms with E-state index in [4.69, 9.17) is 4.74 Å². The number of ether oxygens (including phenoxy) is 1. The molecule has 0 radical (unpaired) electrons. The lowest BCUT2D eigenvalue weighted by atomic mass is 10.2. The van der Waals surface area contributed by atoms with Gasteiger partial charge < -0.3 is 15.4 Å². The Bertz CT molecular complexity index is 998. The van der Waals surface area contributed by atoms with Crippen LogP contribution in [0.4, 0.5) is 5.69 Å². The summed E-state index contributed by atoms with van der Waals surface area (Å²) in [6.45, 7) is 2.22. The minimum absolute atomic E-state index is 0.0351. The number of aromatic nitrogens is 1. The van der Waals surface area contributed by atoms with Crippen LogP contribution in [0.5, 0.6) is 0 Å². The molecule has 2 aromatic heterocycles. The fraction of sp³-hybridized carbons (Fsp3) is 0.238. The second kappa shape index (κ2) is 10.7. The van der Waals surface area contributed by atoms with Gasteiger partial charge in [0.2, 0.25) is 5.91 Å². The second-order valence-corrected chi connectivity index (χ2v) is 8.22. The topological polar surface area (TPSA) is 97.4 Å². The van der Waals surface area contributed by atoms with Crippen molar-refractivity contribution >= 4 is 46.1 Å². The number of thiazole rings is 1. The van der Waals surface area contributed by atoms with Crippen LogP contribution >= 0.6 is 22.7 Å². The maximum Gasteiger partial charge on any atom is 0.307 e. The van der Waals surface area contributed by atoms with Crippen LogP contribution in [-0.4, -0.2) is 29.3 Å². The molecule has 2 N–H and O–H groups in total. The van der Waals surface area contributed by atoms with E-state index in [1.807, 2.05) is 36.6 Å². The van der Waals surface area contributed by atoms with Gasteiger partial charge in [-0.25, -0.2) is 4.98 Å². The number of hydrogen-bond acceptors (Lipinski definition) is 7. The third-order valence-electron chi connectivity index (χ3n) is 4.03. The van der Waals surface area contributed by atoms with Gasteiger partial charge in [0.05, 0.1) is 18.5 Å². The molecule has 156 valence electrons. The quantitative estimate of drug-likeness (QED) is 0.493. The van der Waals surface area contributed by atoms with Crippen molar-refractivity contribution in [3.8, 4) is 0 Å². The molecule has 0 aliphatic carbocycles. The Hall–Kier alpha value is -3.04. The molecule has 1 aromatic carbocycles. The number of esters is 1. The van der Waals surface area contributed by atoms with Crippen LogP contribution in [0, 0.1) is 6.92 Å². The number of anilines is 1. The normalized spacial score (nSPS) is 10.4. The molecule has 3 aromatic rings. The van der Waals surface area contributed by atoms with E-state index in [1.54, 1.807) is 16.8 Å². The number of benzene rings is 1. The summed E-state index contributed by atoms with van der Waals surface area (Å²) in [6.07, 6.45) is 0.229. The number of amides is 2. The van der Waals surface area contributed by atoms with Crippen LogP contribution in [0.25, 0.3) is 0 Å². The number of carbonyl (C=O) groups is 3. The molecule has 0 fully saturated rings. The molecule has 0 aliphatic heterocycles. The number of nitrogens with one attached hydrogen (secondary N) is 2. The van der Waals surface area contributed by atoms with Gasteiger partial charge in [-0.3, -0.25) is 14.4 Å². The highest BCUT2D eigenvalue weighted by Gasteiger charge is 2.11. The van der Waals surface area contributed by atoms with Crippen molar-refractivity contribution in [3.05, 3.63) is 68.3 Å². The molecule has 3 rings (SSSR count). The van der Waals surface area contributed by atoms with Crippen molar-refractivity contribution in [2.24, 2.45) is 0 Å². The van der Waals surface area contributed by atoms with Gasteiger partial charge in [-0.15, -0.1) is 11.3 Å². The first-order chi connectivity index (χ1) is 14.5. The Morgan fingerprint density at radius 2 is 1.90 bits per heavy atom. The summed E-state index contributed by atoms with van der Waals surface area (Å²) in [5.74, 6) is -0.789. The average molecular weight is 444 g/mol. The monoisotopic (exact) mass is 443 g/mol. The third-order valence-corrected chi connectivity index (χ3v) is 5.61. The summed E-state index contributed by atoms with van der Waals surface area (Å²) in [6, 6.07) is 9.28. The number of carbonyl (C=O) groups excluding carboxylic acids is 3. The van der Waals surface area contributed by atoms with E-state index in [1.165, 1.54) is 22.7 Å². The summed E-state index contributed by atoms with van der Waals surface area (Å²) in [7, 11) is 0. The van der Waals surface area contributed by atoms with Crippen LogP contribution in [0.2, 0.25) is 0 Å². The van der Waals surface area contributed by atoms with Crippen molar-refractivity contribution in [2.75, 3.05) is 11.9 Å². The summed E-state index contributed by atoms with van der Waals surface area (Å²) in [5.41, 5.74) is 3.03. The van der Waals surface area contributed by atoms with Gasteiger partial charge in [0.15, 0.2) is 0 Å². The maximum atomic E-state index is 12.1. The molecule has 0 bridgehead atoms. The summed E-state index contributed by atoms with van der Waals surface area (Å²) >= 11 is 2.78. The van der Waals surface area contributed by atoms with Gasteiger partial charge in [0.25, 0.3) is 5.91 Å². The lowest BCUT2D eigenvalue weighted by Gasteiger charge is -2.05. The van der Waals surface area contributed by atoms with Crippen molar-refractivity contribution in [1.29, 1.82) is 0 Å². The first-order valence-corrected chi connectivity index (χ1v) is 11.1. The Morgan fingerprint density at radius 1 is 1.10 bits per heavy atom. The van der Waals surface area contributed by atoms with Gasteiger partial charge >= 0.3 is 5.97 Å². The molecule has 0 spiro atoms. The molecule has 7 nitrogen and oxygen atoms in total. The minimum Gasteiger partial charge on any atom is -0.459 e. The third kappa shape index (κ3) is 6.78. The van der Waals surface area contributed by atoms with Gasteiger partial charge in [-0.2, -0.15) is 11.3 Å². The lowest BCUT2D eigenvalue weighted by Crippen LogP contribution is -2.26. The van der Waals surface area contributed by atoms with Crippen LogP contribution in [-0.2, 0) is 27.4 Å². The van der Waals surface area contributed by atoms with E-state index in [2.05, 4.69) is 15.6 Å². The van der Waals surface area contributed by atoms with E-state index in [9.17, 15) is 14.4 Å². The molecule has 30 heavy (non-hydrogen) atoms. The maximum absolute atomic E-state index is 12.1. The average Bonchev–Trinajstić information content (AvgIpc) is 3.40. The molecule has 0 saturated carbocycles. The largest absolute Gasteiger partial charge is 0.459 e. The molecule has 9 heteroatoms. The van der Waals surface area contributed by atoms with Gasteiger partial charge in [-0.1, -0.05) is 17.7 Å². The van der Waals surface area contributed by atoms with Gasteiger partial charge in [-0.05, 0) is 30.5 Å². The highest BCUT2D eigenvalue weighted by molar-refractivity contribution is 7.09. The standard InChI is InChI=1S/C21H21N3O4S2/c1-14-2-4-16(5-3-14)23-18(25)10-19-24-17(13-30-19)11-28-20(26)6-8-22-21(27)15-7-9-29-12-15/h2-5,7,9,12-13H,6,8,10-11H2,1H3,(H,22,27)(H,23,25). The molecular formula is C21H21N3O4S2. The molecule has 0 atom stereocenters. The summed E-state index contributed by atoms with van der Waals surface area (Å²) in [5, 5.41) is 11.5. The molecular weight excluding hydrogens is 422 g/mol. The van der Waals surface area contributed by atoms with E-state index in [-0.39, 0.29) is 37.8 Å². The fourth-order valence-electron chi connectivity index (χ4n) is 2.48. The van der Waals surface area contributed by atoms with Crippen LogP contribution in [0.1, 0.15) is 33.0 Å². The second-order valence-electron chi connectivity index (χ2n) is 6.50. The van der Waals surface area contributed by atoms with Gasteiger partial charge in [0.1, 0.15) is 11.6 Å². The van der Waals surface area contributed by atoms with E-state index < -0.39 is 5.97 Å². The molecule has 2 heterocycles. The minimum atomic E-state index is -0.424. The molecule has 2 amide bonds. The number of hydrogen-bond donors (Lipinski definition) is 2. The SMILES string of the molecule is Cc1ccc(NC(=O)Cc2nc(COC(=O)CCNC(=O)c3ccsc3)cs2)cc1. The van der Waals surface area contributed by atoms with Crippen LogP contribution < -0.4 is 10.6 Å². The predicted molar refractivity (Wildman–Crippen MR) is 117 cm³/mol.